The number of nitrogens with zero attached hydrogens (tertiary/aromatic N) is 2. The molecule has 0 radical (unpaired) electrons. The maximum atomic E-state index is 12.3. The topological polar surface area (TPSA) is 73.8 Å². The van der Waals surface area contributed by atoms with Crippen molar-refractivity contribution < 1.29 is 18.7 Å². The maximum Gasteiger partial charge on any atom is 0.325 e. The van der Waals surface area contributed by atoms with Gasteiger partial charge in [0.1, 0.15) is 6.54 Å². The number of esters is 1. The molecule has 0 spiro atoms. The first-order valence-corrected chi connectivity index (χ1v) is 8.64. The fourth-order valence-electron chi connectivity index (χ4n) is 2.42. The molecule has 1 aromatic carbocycles. The Morgan fingerprint density at radius 3 is 2.76 bits per heavy atom. The summed E-state index contributed by atoms with van der Waals surface area (Å²) in [6.07, 6.45) is 1.42. The summed E-state index contributed by atoms with van der Waals surface area (Å²) in [5.41, 5.74) is 2.02. The van der Waals surface area contributed by atoms with E-state index >= 15 is 0 Å². The fraction of sp³-hybridized carbons (Fsp3) is 0.278. The molecule has 3 aromatic rings. The van der Waals surface area contributed by atoms with Crippen molar-refractivity contribution in [1.82, 2.24) is 4.57 Å². The highest BCUT2D eigenvalue weighted by Crippen LogP contribution is 2.23. The van der Waals surface area contributed by atoms with Gasteiger partial charge >= 0.3 is 11.9 Å². The van der Waals surface area contributed by atoms with Gasteiger partial charge in [-0.2, -0.15) is 4.99 Å². The van der Waals surface area contributed by atoms with Gasteiger partial charge in [-0.3, -0.25) is 9.59 Å². The van der Waals surface area contributed by atoms with Crippen molar-refractivity contribution >= 4 is 33.4 Å². The average Bonchev–Trinajstić information content (AvgIpc) is 3.23. The summed E-state index contributed by atoms with van der Waals surface area (Å²) < 4.78 is 12.5. The quantitative estimate of drug-likeness (QED) is 0.671. The second-order valence-electron chi connectivity index (χ2n) is 5.82. The number of ether oxygens (including phenoxy) is 1. The van der Waals surface area contributed by atoms with Crippen LogP contribution in [0.25, 0.3) is 10.2 Å². The third-order valence-electron chi connectivity index (χ3n) is 3.82. The van der Waals surface area contributed by atoms with Crippen molar-refractivity contribution in [3.8, 4) is 0 Å². The Morgan fingerprint density at radius 1 is 1.32 bits per heavy atom. The molecule has 130 valence electrons. The van der Waals surface area contributed by atoms with Crippen molar-refractivity contribution in [2.24, 2.45) is 4.99 Å². The van der Waals surface area contributed by atoms with E-state index in [1.165, 1.54) is 30.3 Å². The molecule has 1 amide bonds. The van der Waals surface area contributed by atoms with E-state index in [1.807, 2.05) is 12.1 Å². The van der Waals surface area contributed by atoms with Crippen LogP contribution in [-0.2, 0) is 16.1 Å². The molecule has 0 bridgehead atoms. The normalized spacial score (nSPS) is 12.1. The molecule has 0 atom stereocenters. The lowest BCUT2D eigenvalue weighted by atomic mass is 10.0. The molecule has 0 aliphatic rings. The van der Waals surface area contributed by atoms with Crippen molar-refractivity contribution in [3.63, 3.8) is 0 Å². The van der Waals surface area contributed by atoms with Crippen molar-refractivity contribution in [2.75, 3.05) is 7.11 Å². The highest BCUT2D eigenvalue weighted by atomic mass is 32.1. The molecule has 3 rings (SSSR count). The largest absolute Gasteiger partial charge is 0.468 e. The number of thiazole rings is 1. The summed E-state index contributed by atoms with van der Waals surface area (Å²) in [7, 11) is 1.33. The maximum absolute atomic E-state index is 12.3. The number of amides is 1. The number of hydrogen-bond acceptors (Lipinski definition) is 5. The second kappa shape index (κ2) is 7.06. The van der Waals surface area contributed by atoms with Crippen LogP contribution in [0.5, 0.6) is 0 Å². The van der Waals surface area contributed by atoms with Crippen molar-refractivity contribution in [1.29, 1.82) is 0 Å². The first kappa shape index (κ1) is 17.2. The van der Waals surface area contributed by atoms with E-state index in [1.54, 1.807) is 16.7 Å². The van der Waals surface area contributed by atoms with Crippen LogP contribution in [0.4, 0.5) is 0 Å². The number of rotatable bonds is 4. The second-order valence-corrected chi connectivity index (χ2v) is 6.83. The minimum absolute atomic E-state index is 0.0121. The lowest BCUT2D eigenvalue weighted by Crippen LogP contribution is -2.22. The van der Waals surface area contributed by atoms with Gasteiger partial charge in [-0.05, 0) is 35.7 Å². The minimum Gasteiger partial charge on any atom is -0.468 e. The SMILES string of the molecule is COC(=O)Cn1c(=NC(=O)c2ccco2)sc2cc(C(C)C)ccc21. The Kier molecular flexibility index (Phi) is 4.85. The molecular weight excluding hydrogens is 340 g/mol. The molecule has 7 heteroatoms. The van der Waals surface area contributed by atoms with Crippen LogP contribution in [-0.4, -0.2) is 23.6 Å². The van der Waals surface area contributed by atoms with Crippen molar-refractivity contribution in [3.05, 3.63) is 52.7 Å². The molecule has 0 saturated carbocycles. The molecule has 2 aromatic heterocycles. The highest BCUT2D eigenvalue weighted by molar-refractivity contribution is 7.16. The molecule has 2 heterocycles. The van der Waals surface area contributed by atoms with Crippen LogP contribution in [0.3, 0.4) is 0 Å². The molecule has 25 heavy (non-hydrogen) atoms. The molecule has 0 N–H and O–H groups in total. The number of furan rings is 1. The molecular formula is C18H18N2O4S. The Hall–Kier alpha value is -2.67. The number of carbonyl (C=O) groups excluding carboxylic acids is 2. The first-order chi connectivity index (χ1) is 12.0. The van der Waals surface area contributed by atoms with Gasteiger partial charge in [0.25, 0.3) is 0 Å². The van der Waals surface area contributed by atoms with Gasteiger partial charge in [-0.1, -0.05) is 31.3 Å². The predicted octanol–water partition coefficient (Wildman–Crippen LogP) is 3.33. The molecule has 0 unspecified atom stereocenters. The number of aromatic nitrogens is 1. The van der Waals surface area contributed by atoms with Gasteiger partial charge in [-0.25, -0.2) is 0 Å². The molecule has 0 aliphatic heterocycles. The molecule has 0 fully saturated rings. The lowest BCUT2D eigenvalue weighted by Gasteiger charge is -2.06. The van der Waals surface area contributed by atoms with E-state index in [2.05, 4.69) is 24.9 Å². The number of carbonyl (C=O) groups is 2. The zero-order valence-electron chi connectivity index (χ0n) is 14.2. The summed E-state index contributed by atoms with van der Waals surface area (Å²) in [5, 5.41) is 0. The van der Waals surface area contributed by atoms with Crippen LogP contribution < -0.4 is 4.80 Å². The number of benzene rings is 1. The van der Waals surface area contributed by atoms with Crippen LogP contribution in [0, 0.1) is 0 Å². The van der Waals surface area contributed by atoms with Crippen LogP contribution in [0.2, 0.25) is 0 Å². The third kappa shape index (κ3) is 3.56. The fourth-order valence-corrected chi connectivity index (χ4v) is 3.50. The Morgan fingerprint density at radius 2 is 2.12 bits per heavy atom. The van der Waals surface area contributed by atoms with Crippen molar-refractivity contribution in [2.45, 2.75) is 26.3 Å². The van der Waals surface area contributed by atoms with Gasteiger partial charge in [0, 0.05) is 0 Å². The van der Waals surface area contributed by atoms with Gasteiger partial charge in [0.15, 0.2) is 10.6 Å². The molecule has 0 aliphatic carbocycles. The van der Waals surface area contributed by atoms with E-state index in [-0.39, 0.29) is 12.3 Å². The van der Waals surface area contributed by atoms with Gasteiger partial charge in [-0.15, -0.1) is 0 Å². The van der Waals surface area contributed by atoms with E-state index in [4.69, 9.17) is 9.15 Å². The highest BCUT2D eigenvalue weighted by Gasteiger charge is 2.14. The Bertz CT molecular complexity index is 980. The molecule has 0 saturated heterocycles. The summed E-state index contributed by atoms with van der Waals surface area (Å²) in [6, 6.07) is 9.21. The Labute approximate surface area is 148 Å². The van der Waals surface area contributed by atoms with Crippen LogP contribution >= 0.6 is 11.3 Å². The zero-order valence-corrected chi connectivity index (χ0v) is 15.0. The summed E-state index contributed by atoms with van der Waals surface area (Å²) in [5.74, 6) is -0.352. The van der Waals surface area contributed by atoms with E-state index in [0.717, 1.165) is 10.2 Å². The minimum atomic E-state index is -0.487. The first-order valence-electron chi connectivity index (χ1n) is 7.82. The zero-order chi connectivity index (χ0) is 18.0. The average molecular weight is 358 g/mol. The summed E-state index contributed by atoms with van der Waals surface area (Å²) in [4.78, 5) is 28.6. The lowest BCUT2D eigenvalue weighted by molar-refractivity contribution is -0.141. The van der Waals surface area contributed by atoms with Gasteiger partial charge in [0.05, 0.1) is 23.6 Å². The Balaban J connectivity index is 2.16. The monoisotopic (exact) mass is 358 g/mol. The van der Waals surface area contributed by atoms with Crippen LogP contribution in [0.1, 0.15) is 35.9 Å². The summed E-state index contributed by atoms with van der Waals surface area (Å²) in [6.45, 7) is 4.22. The van der Waals surface area contributed by atoms with E-state index < -0.39 is 11.9 Å². The number of fused-ring (bicyclic) bond motifs is 1. The number of hydrogen-bond donors (Lipinski definition) is 0. The third-order valence-corrected chi connectivity index (χ3v) is 4.86. The standard InChI is InChI=1S/C18H18N2O4S/c1-11(2)12-6-7-13-15(9-12)25-18(20(13)10-16(21)23-3)19-17(22)14-5-4-8-24-14/h4-9,11H,10H2,1-3H3. The smallest absolute Gasteiger partial charge is 0.325 e. The predicted molar refractivity (Wildman–Crippen MR) is 94.5 cm³/mol. The molecule has 6 nitrogen and oxygen atoms in total. The van der Waals surface area contributed by atoms with E-state index in [9.17, 15) is 9.59 Å². The van der Waals surface area contributed by atoms with Gasteiger partial charge < -0.3 is 13.7 Å². The van der Waals surface area contributed by atoms with Gasteiger partial charge in [0.2, 0.25) is 0 Å². The number of methoxy groups -OCH3 is 1. The van der Waals surface area contributed by atoms with E-state index in [0.29, 0.717) is 10.7 Å². The summed E-state index contributed by atoms with van der Waals surface area (Å²) >= 11 is 1.36. The van der Waals surface area contributed by atoms with Crippen LogP contribution in [0.15, 0.2) is 46.0 Å².